The SMILES string of the molecule is O=C(Cn1cnc2cc(F)ccc2c1=O)N(Cc1ccco1)CC(F)(F)F. The second-order valence-corrected chi connectivity index (χ2v) is 5.78. The average Bonchev–Trinajstić information content (AvgIpc) is 3.08. The van der Waals surface area contributed by atoms with Crippen molar-refractivity contribution in [3.63, 3.8) is 0 Å². The Bertz CT molecular complexity index is 1010. The first-order chi connectivity index (χ1) is 12.7. The molecule has 1 aromatic carbocycles. The topological polar surface area (TPSA) is 68.3 Å². The van der Waals surface area contributed by atoms with E-state index in [1.165, 1.54) is 24.5 Å². The van der Waals surface area contributed by atoms with E-state index in [4.69, 9.17) is 4.42 Å². The molecule has 6 nitrogen and oxygen atoms in total. The van der Waals surface area contributed by atoms with Crippen molar-refractivity contribution in [3.05, 3.63) is 64.9 Å². The van der Waals surface area contributed by atoms with Crippen LogP contribution in [0.2, 0.25) is 0 Å². The highest BCUT2D eigenvalue weighted by Crippen LogP contribution is 2.19. The summed E-state index contributed by atoms with van der Waals surface area (Å²) >= 11 is 0. The van der Waals surface area contributed by atoms with Gasteiger partial charge in [0.2, 0.25) is 5.91 Å². The summed E-state index contributed by atoms with van der Waals surface area (Å²) in [5, 5.41) is 0.0557. The molecule has 0 bridgehead atoms. The van der Waals surface area contributed by atoms with Crippen LogP contribution in [0.25, 0.3) is 10.9 Å². The Kier molecular flexibility index (Phi) is 4.98. The van der Waals surface area contributed by atoms with Gasteiger partial charge in [0.25, 0.3) is 5.56 Å². The summed E-state index contributed by atoms with van der Waals surface area (Å²) in [7, 11) is 0. The van der Waals surface area contributed by atoms with E-state index in [9.17, 15) is 27.2 Å². The molecule has 0 radical (unpaired) electrons. The van der Waals surface area contributed by atoms with Crippen molar-refractivity contribution in [2.24, 2.45) is 0 Å². The summed E-state index contributed by atoms with van der Waals surface area (Å²) in [6, 6.07) is 6.24. The van der Waals surface area contributed by atoms with Crippen LogP contribution in [0, 0.1) is 5.82 Å². The number of hydrogen-bond donors (Lipinski definition) is 0. The lowest BCUT2D eigenvalue weighted by Gasteiger charge is -2.23. The molecule has 0 aliphatic rings. The van der Waals surface area contributed by atoms with E-state index in [1.54, 1.807) is 0 Å². The molecule has 0 fully saturated rings. The molecule has 0 saturated heterocycles. The standard InChI is InChI=1S/C17H13F4N3O3/c18-11-3-4-13-14(6-11)22-10-24(16(13)26)8-15(25)23(9-17(19,20)21)7-12-2-1-5-27-12/h1-6,10H,7-9H2. The van der Waals surface area contributed by atoms with Crippen molar-refractivity contribution < 1.29 is 26.8 Å². The number of furan rings is 1. The van der Waals surface area contributed by atoms with Crippen LogP contribution in [-0.2, 0) is 17.9 Å². The molecular weight excluding hydrogens is 370 g/mol. The maximum atomic E-state index is 13.2. The van der Waals surface area contributed by atoms with Gasteiger partial charge in [-0.3, -0.25) is 14.2 Å². The number of carbonyl (C=O) groups is 1. The molecule has 0 atom stereocenters. The molecule has 0 aliphatic carbocycles. The molecule has 3 rings (SSSR count). The number of amides is 1. The van der Waals surface area contributed by atoms with E-state index in [0.717, 1.165) is 23.0 Å². The van der Waals surface area contributed by atoms with Crippen LogP contribution in [0.5, 0.6) is 0 Å². The Morgan fingerprint density at radius 1 is 1.26 bits per heavy atom. The third-order valence-electron chi connectivity index (χ3n) is 3.74. The normalized spacial score (nSPS) is 11.7. The third kappa shape index (κ3) is 4.52. The molecule has 0 saturated carbocycles. The number of fused-ring (bicyclic) bond motifs is 1. The summed E-state index contributed by atoms with van der Waals surface area (Å²) in [6.07, 6.45) is -2.34. The molecule has 0 unspecified atom stereocenters. The van der Waals surface area contributed by atoms with Crippen LogP contribution in [0.3, 0.4) is 0 Å². The van der Waals surface area contributed by atoms with E-state index < -0.39 is 43.1 Å². The lowest BCUT2D eigenvalue weighted by Crippen LogP contribution is -2.41. The summed E-state index contributed by atoms with van der Waals surface area (Å²) in [5.41, 5.74) is -0.565. The predicted molar refractivity (Wildman–Crippen MR) is 86.1 cm³/mol. The van der Waals surface area contributed by atoms with Gasteiger partial charge in [0, 0.05) is 6.07 Å². The van der Waals surface area contributed by atoms with Crippen molar-refractivity contribution in [1.29, 1.82) is 0 Å². The maximum Gasteiger partial charge on any atom is 0.406 e. The van der Waals surface area contributed by atoms with E-state index in [2.05, 4.69) is 4.98 Å². The van der Waals surface area contributed by atoms with Gasteiger partial charge in [-0.15, -0.1) is 0 Å². The Hall–Kier alpha value is -3.17. The van der Waals surface area contributed by atoms with Crippen LogP contribution in [0.15, 0.2) is 52.1 Å². The number of halogens is 4. The molecular formula is C17H13F4N3O3. The monoisotopic (exact) mass is 383 g/mol. The van der Waals surface area contributed by atoms with Gasteiger partial charge in [0.1, 0.15) is 24.7 Å². The van der Waals surface area contributed by atoms with Gasteiger partial charge in [-0.25, -0.2) is 9.37 Å². The summed E-state index contributed by atoms with van der Waals surface area (Å²) in [4.78, 5) is 29.2. The highest BCUT2D eigenvalue weighted by molar-refractivity contribution is 5.79. The van der Waals surface area contributed by atoms with Crippen LogP contribution in [0.1, 0.15) is 5.76 Å². The molecule has 3 aromatic rings. The Labute approximate surface area is 149 Å². The van der Waals surface area contributed by atoms with Crippen molar-refractivity contribution in [2.45, 2.75) is 19.3 Å². The van der Waals surface area contributed by atoms with E-state index in [0.29, 0.717) is 4.90 Å². The van der Waals surface area contributed by atoms with Gasteiger partial charge in [-0.1, -0.05) is 0 Å². The molecule has 2 heterocycles. The fraction of sp³-hybridized carbons (Fsp3) is 0.235. The zero-order chi connectivity index (χ0) is 19.6. The quantitative estimate of drug-likeness (QED) is 0.636. The first-order valence-electron chi connectivity index (χ1n) is 7.74. The largest absolute Gasteiger partial charge is 0.467 e. The average molecular weight is 383 g/mol. The minimum atomic E-state index is -4.62. The third-order valence-corrected chi connectivity index (χ3v) is 3.74. The minimum absolute atomic E-state index is 0.0557. The van der Waals surface area contributed by atoms with Crippen LogP contribution in [-0.4, -0.2) is 33.1 Å². The molecule has 1 amide bonds. The van der Waals surface area contributed by atoms with E-state index in [1.807, 2.05) is 0 Å². The molecule has 0 spiro atoms. The number of benzene rings is 1. The molecule has 0 N–H and O–H groups in total. The van der Waals surface area contributed by atoms with Crippen molar-refractivity contribution in [3.8, 4) is 0 Å². The number of nitrogens with zero attached hydrogens (tertiary/aromatic N) is 3. The number of carbonyl (C=O) groups excluding carboxylic acids is 1. The van der Waals surface area contributed by atoms with Gasteiger partial charge in [-0.2, -0.15) is 13.2 Å². The minimum Gasteiger partial charge on any atom is -0.467 e. The van der Waals surface area contributed by atoms with Crippen LogP contribution < -0.4 is 5.56 Å². The fourth-order valence-corrected chi connectivity index (χ4v) is 2.53. The van der Waals surface area contributed by atoms with Crippen molar-refractivity contribution in [2.75, 3.05) is 6.54 Å². The fourth-order valence-electron chi connectivity index (χ4n) is 2.53. The highest BCUT2D eigenvalue weighted by atomic mass is 19.4. The Balaban J connectivity index is 1.86. The van der Waals surface area contributed by atoms with Gasteiger partial charge >= 0.3 is 6.18 Å². The maximum absolute atomic E-state index is 13.2. The van der Waals surface area contributed by atoms with Crippen LogP contribution in [0.4, 0.5) is 17.6 Å². The van der Waals surface area contributed by atoms with Gasteiger partial charge in [0.05, 0.1) is 30.0 Å². The molecule has 27 heavy (non-hydrogen) atoms. The van der Waals surface area contributed by atoms with E-state index in [-0.39, 0.29) is 16.7 Å². The number of aromatic nitrogens is 2. The first-order valence-corrected chi connectivity index (χ1v) is 7.74. The van der Waals surface area contributed by atoms with Gasteiger partial charge in [0.15, 0.2) is 0 Å². The van der Waals surface area contributed by atoms with Gasteiger partial charge < -0.3 is 9.32 Å². The summed E-state index contributed by atoms with van der Waals surface area (Å²) < 4.78 is 57.5. The Morgan fingerprint density at radius 2 is 2.04 bits per heavy atom. The summed E-state index contributed by atoms with van der Waals surface area (Å²) in [5.74, 6) is -1.35. The first kappa shape index (κ1) is 18.6. The lowest BCUT2D eigenvalue weighted by atomic mass is 10.2. The predicted octanol–water partition coefficient (Wildman–Crippen LogP) is 2.72. The number of rotatable bonds is 5. The number of alkyl halides is 3. The lowest BCUT2D eigenvalue weighted by molar-refractivity contribution is -0.163. The smallest absolute Gasteiger partial charge is 0.406 e. The number of hydrogen-bond acceptors (Lipinski definition) is 4. The highest BCUT2D eigenvalue weighted by Gasteiger charge is 2.33. The molecule has 2 aromatic heterocycles. The second-order valence-electron chi connectivity index (χ2n) is 5.78. The summed E-state index contributed by atoms with van der Waals surface area (Å²) in [6.45, 7) is -2.53. The molecule has 10 heteroatoms. The molecule has 0 aliphatic heterocycles. The van der Waals surface area contributed by atoms with Crippen molar-refractivity contribution in [1.82, 2.24) is 14.5 Å². The second kappa shape index (κ2) is 7.22. The molecule has 142 valence electrons. The Morgan fingerprint density at radius 3 is 2.70 bits per heavy atom. The van der Waals surface area contributed by atoms with E-state index >= 15 is 0 Å². The zero-order valence-electron chi connectivity index (χ0n) is 13.7. The van der Waals surface area contributed by atoms with Crippen molar-refractivity contribution >= 4 is 16.8 Å². The zero-order valence-corrected chi connectivity index (χ0v) is 13.7. The van der Waals surface area contributed by atoms with Crippen LogP contribution >= 0.6 is 0 Å². The van der Waals surface area contributed by atoms with Gasteiger partial charge in [-0.05, 0) is 24.3 Å².